The second-order valence-corrected chi connectivity index (χ2v) is 6.32. The van der Waals surface area contributed by atoms with Crippen molar-refractivity contribution in [2.24, 2.45) is 5.92 Å². The molecule has 4 rings (SSSR count). The molecule has 0 spiro atoms. The van der Waals surface area contributed by atoms with Crippen LogP contribution in [-0.2, 0) is 13.0 Å². The summed E-state index contributed by atoms with van der Waals surface area (Å²) in [4.78, 5) is 8.79. The Morgan fingerprint density at radius 3 is 2.92 bits per heavy atom. The van der Waals surface area contributed by atoms with Crippen LogP contribution in [0.25, 0.3) is 11.4 Å². The lowest BCUT2D eigenvalue weighted by molar-refractivity contribution is 0.205. The number of hydrogen-bond acceptors (Lipinski definition) is 5. The van der Waals surface area contributed by atoms with Crippen LogP contribution in [0.15, 0.2) is 48.9 Å². The molecule has 2 aromatic heterocycles. The summed E-state index contributed by atoms with van der Waals surface area (Å²) in [5.41, 5.74) is 2.10. The minimum atomic E-state index is 0.367. The van der Waals surface area contributed by atoms with Crippen LogP contribution in [-0.4, -0.2) is 35.4 Å². The highest BCUT2D eigenvalue weighted by Crippen LogP contribution is 2.32. The summed E-state index contributed by atoms with van der Waals surface area (Å²) in [5, 5.41) is 0. The zero-order valence-electron chi connectivity index (χ0n) is 14.9. The maximum atomic E-state index is 5.97. The van der Waals surface area contributed by atoms with Gasteiger partial charge < -0.3 is 18.8 Å². The van der Waals surface area contributed by atoms with Gasteiger partial charge in [-0.1, -0.05) is 6.07 Å². The Labute approximate surface area is 152 Å². The first-order valence-corrected chi connectivity index (χ1v) is 8.58. The summed E-state index contributed by atoms with van der Waals surface area (Å²) in [6.07, 6.45) is 6.48. The lowest BCUT2D eigenvalue weighted by atomic mass is 9.96. The van der Waals surface area contributed by atoms with E-state index in [1.807, 2.05) is 36.7 Å². The normalized spacial score (nSPS) is 15.8. The van der Waals surface area contributed by atoms with E-state index in [0.29, 0.717) is 18.4 Å². The number of imidazole rings is 1. The van der Waals surface area contributed by atoms with Crippen LogP contribution in [0.4, 0.5) is 0 Å². The molecule has 0 bridgehead atoms. The minimum absolute atomic E-state index is 0.367. The van der Waals surface area contributed by atoms with Crippen LogP contribution in [0.1, 0.15) is 5.56 Å². The van der Waals surface area contributed by atoms with Gasteiger partial charge >= 0.3 is 0 Å². The Kier molecular flexibility index (Phi) is 4.48. The van der Waals surface area contributed by atoms with Crippen molar-refractivity contribution in [3.8, 4) is 28.8 Å². The van der Waals surface area contributed by atoms with Crippen LogP contribution in [0.2, 0.25) is 0 Å². The molecule has 0 fully saturated rings. The van der Waals surface area contributed by atoms with Crippen molar-refractivity contribution in [1.82, 2.24) is 14.5 Å². The Balaban J connectivity index is 1.55. The lowest BCUT2D eigenvalue weighted by Crippen LogP contribution is -2.25. The number of ether oxygens (including phenoxy) is 3. The standard InChI is InChI=1S/C20H21N3O3/c1-24-16-6-5-15-10-14(13-26-18(15)11-16)12-23-9-8-21-19(23)17-4-3-7-22-20(17)25-2/h3-9,11,14H,10,12-13H2,1-2H3. The van der Waals surface area contributed by atoms with Crippen LogP contribution in [0.3, 0.4) is 0 Å². The maximum Gasteiger partial charge on any atom is 0.224 e. The highest BCUT2D eigenvalue weighted by atomic mass is 16.5. The number of aromatic nitrogens is 3. The number of methoxy groups -OCH3 is 2. The zero-order chi connectivity index (χ0) is 17.9. The Hall–Kier alpha value is -3.02. The molecule has 0 saturated heterocycles. The summed E-state index contributed by atoms with van der Waals surface area (Å²) in [5.74, 6) is 3.54. The predicted octanol–water partition coefficient (Wildman–Crippen LogP) is 3.21. The van der Waals surface area contributed by atoms with Gasteiger partial charge in [0.1, 0.15) is 17.3 Å². The van der Waals surface area contributed by atoms with Crippen molar-refractivity contribution in [2.75, 3.05) is 20.8 Å². The Morgan fingerprint density at radius 1 is 1.15 bits per heavy atom. The number of hydrogen-bond donors (Lipinski definition) is 0. The third-order valence-corrected chi connectivity index (χ3v) is 4.63. The lowest BCUT2D eigenvalue weighted by Gasteiger charge is -2.26. The molecule has 0 N–H and O–H groups in total. The Morgan fingerprint density at radius 2 is 2.08 bits per heavy atom. The quantitative estimate of drug-likeness (QED) is 0.706. The molecule has 3 aromatic rings. The molecule has 1 unspecified atom stereocenters. The van der Waals surface area contributed by atoms with Gasteiger partial charge in [-0.2, -0.15) is 0 Å². The zero-order valence-corrected chi connectivity index (χ0v) is 14.9. The SMILES string of the molecule is COc1ccc2c(c1)OCC(Cn1ccnc1-c1cccnc1OC)C2. The summed E-state index contributed by atoms with van der Waals surface area (Å²) < 4.78 is 18.8. The van der Waals surface area contributed by atoms with Crippen molar-refractivity contribution in [3.63, 3.8) is 0 Å². The number of pyridine rings is 1. The van der Waals surface area contributed by atoms with Gasteiger partial charge in [0.15, 0.2) is 0 Å². The van der Waals surface area contributed by atoms with Crippen molar-refractivity contribution >= 4 is 0 Å². The average molecular weight is 351 g/mol. The topological polar surface area (TPSA) is 58.4 Å². The largest absolute Gasteiger partial charge is 0.497 e. The molecule has 1 aliphatic heterocycles. The molecule has 3 heterocycles. The van der Waals surface area contributed by atoms with Gasteiger partial charge in [-0.25, -0.2) is 9.97 Å². The summed E-state index contributed by atoms with van der Waals surface area (Å²) in [7, 11) is 3.29. The number of benzene rings is 1. The maximum absolute atomic E-state index is 5.97. The van der Waals surface area contributed by atoms with E-state index in [1.165, 1.54) is 5.56 Å². The van der Waals surface area contributed by atoms with Gasteiger partial charge in [0, 0.05) is 37.1 Å². The van der Waals surface area contributed by atoms with Crippen molar-refractivity contribution in [2.45, 2.75) is 13.0 Å². The highest BCUT2D eigenvalue weighted by Gasteiger charge is 2.22. The molecule has 0 amide bonds. The van der Waals surface area contributed by atoms with Crippen molar-refractivity contribution in [1.29, 1.82) is 0 Å². The molecule has 1 aromatic carbocycles. The number of nitrogens with zero attached hydrogens (tertiary/aromatic N) is 3. The molecule has 1 aliphatic rings. The van der Waals surface area contributed by atoms with E-state index >= 15 is 0 Å². The minimum Gasteiger partial charge on any atom is -0.497 e. The molecular weight excluding hydrogens is 330 g/mol. The number of rotatable bonds is 5. The van der Waals surface area contributed by atoms with E-state index in [9.17, 15) is 0 Å². The molecular formula is C20H21N3O3. The first-order chi connectivity index (χ1) is 12.8. The second kappa shape index (κ2) is 7.07. The third kappa shape index (κ3) is 3.10. The van der Waals surface area contributed by atoms with Crippen molar-refractivity contribution < 1.29 is 14.2 Å². The molecule has 26 heavy (non-hydrogen) atoms. The molecule has 1 atom stereocenters. The van der Waals surface area contributed by atoms with Gasteiger partial charge in [0.25, 0.3) is 0 Å². The number of fused-ring (bicyclic) bond motifs is 1. The summed E-state index contributed by atoms with van der Waals surface area (Å²) >= 11 is 0. The van der Waals surface area contributed by atoms with Gasteiger partial charge in [-0.05, 0) is 30.2 Å². The Bertz CT molecular complexity index is 907. The molecule has 0 radical (unpaired) electrons. The monoisotopic (exact) mass is 351 g/mol. The molecule has 0 aliphatic carbocycles. The first kappa shape index (κ1) is 16.4. The van der Waals surface area contributed by atoms with Crippen LogP contribution >= 0.6 is 0 Å². The fraction of sp³-hybridized carbons (Fsp3) is 0.300. The van der Waals surface area contributed by atoms with E-state index < -0.39 is 0 Å². The van der Waals surface area contributed by atoms with E-state index in [-0.39, 0.29) is 0 Å². The van der Waals surface area contributed by atoms with Crippen LogP contribution in [0.5, 0.6) is 17.4 Å². The molecule has 134 valence electrons. The first-order valence-electron chi connectivity index (χ1n) is 8.58. The van der Waals surface area contributed by atoms with Gasteiger partial charge in [-0.3, -0.25) is 0 Å². The van der Waals surface area contributed by atoms with Crippen molar-refractivity contribution in [3.05, 3.63) is 54.5 Å². The predicted molar refractivity (Wildman–Crippen MR) is 97.7 cm³/mol. The highest BCUT2D eigenvalue weighted by molar-refractivity contribution is 5.61. The van der Waals surface area contributed by atoms with Crippen LogP contribution < -0.4 is 14.2 Å². The van der Waals surface area contributed by atoms with Crippen LogP contribution in [0, 0.1) is 5.92 Å². The fourth-order valence-electron chi connectivity index (χ4n) is 3.36. The van der Waals surface area contributed by atoms with E-state index in [1.54, 1.807) is 20.4 Å². The average Bonchev–Trinajstić information content (AvgIpc) is 3.15. The van der Waals surface area contributed by atoms with Gasteiger partial charge in [0.05, 0.1) is 26.4 Å². The van der Waals surface area contributed by atoms with E-state index in [2.05, 4.69) is 20.6 Å². The smallest absolute Gasteiger partial charge is 0.224 e. The van der Waals surface area contributed by atoms with Gasteiger partial charge in [-0.15, -0.1) is 0 Å². The molecule has 6 heteroatoms. The summed E-state index contributed by atoms with van der Waals surface area (Å²) in [6.45, 7) is 1.49. The molecule has 0 saturated carbocycles. The fourth-order valence-corrected chi connectivity index (χ4v) is 3.36. The van der Waals surface area contributed by atoms with E-state index in [4.69, 9.17) is 14.2 Å². The second-order valence-electron chi connectivity index (χ2n) is 6.32. The van der Waals surface area contributed by atoms with Gasteiger partial charge in [0.2, 0.25) is 5.88 Å². The molecule has 6 nitrogen and oxygen atoms in total. The summed E-state index contributed by atoms with van der Waals surface area (Å²) in [6, 6.07) is 9.88. The third-order valence-electron chi connectivity index (χ3n) is 4.63. The van der Waals surface area contributed by atoms with E-state index in [0.717, 1.165) is 35.9 Å².